The highest BCUT2D eigenvalue weighted by Crippen LogP contribution is 2.19. The zero-order valence-corrected chi connectivity index (χ0v) is 12.4. The fourth-order valence-electron chi connectivity index (χ4n) is 2.67. The average molecular weight is 283 g/mol. The topological polar surface area (TPSA) is 38.5 Å². The Bertz CT molecular complexity index is 386. The molecule has 0 bridgehead atoms. The van der Waals surface area contributed by atoms with Gasteiger partial charge < -0.3 is 10.5 Å². The molecular formula is C15H23ClN2O. The monoisotopic (exact) mass is 282 g/mol. The van der Waals surface area contributed by atoms with Crippen LogP contribution < -0.4 is 5.73 Å². The summed E-state index contributed by atoms with van der Waals surface area (Å²) < 4.78 is 5.73. The van der Waals surface area contributed by atoms with E-state index in [1.807, 2.05) is 24.3 Å². The van der Waals surface area contributed by atoms with Gasteiger partial charge in [0.1, 0.15) is 0 Å². The van der Waals surface area contributed by atoms with Crippen LogP contribution >= 0.6 is 11.6 Å². The van der Waals surface area contributed by atoms with E-state index >= 15 is 0 Å². The minimum absolute atomic E-state index is 0.0747. The lowest BCUT2D eigenvalue weighted by Crippen LogP contribution is -2.46. The summed E-state index contributed by atoms with van der Waals surface area (Å²) in [6, 6.07) is 7.89. The second-order valence-corrected chi connectivity index (χ2v) is 5.90. The van der Waals surface area contributed by atoms with Crippen LogP contribution in [0.4, 0.5) is 0 Å². The first-order valence-electron chi connectivity index (χ1n) is 6.93. The number of rotatable bonds is 4. The molecule has 3 nitrogen and oxygen atoms in total. The van der Waals surface area contributed by atoms with Gasteiger partial charge in [-0.1, -0.05) is 23.7 Å². The number of nitrogens with zero attached hydrogens (tertiary/aromatic N) is 1. The van der Waals surface area contributed by atoms with E-state index in [1.165, 1.54) is 0 Å². The highest BCUT2D eigenvalue weighted by Gasteiger charge is 2.22. The van der Waals surface area contributed by atoms with Crippen LogP contribution in [0.5, 0.6) is 0 Å². The van der Waals surface area contributed by atoms with Gasteiger partial charge in [-0.25, -0.2) is 0 Å². The maximum Gasteiger partial charge on any atom is 0.0678 e. The second-order valence-electron chi connectivity index (χ2n) is 5.46. The Labute approximate surface area is 120 Å². The van der Waals surface area contributed by atoms with Crippen LogP contribution in [0.25, 0.3) is 0 Å². The van der Waals surface area contributed by atoms with E-state index in [2.05, 4.69) is 18.7 Å². The molecule has 1 unspecified atom stereocenters. The van der Waals surface area contributed by atoms with Crippen molar-refractivity contribution in [2.24, 2.45) is 5.73 Å². The minimum atomic E-state index is 0.0747. The quantitative estimate of drug-likeness (QED) is 0.923. The molecule has 0 spiro atoms. The Kier molecular flexibility index (Phi) is 5.22. The Morgan fingerprint density at radius 3 is 2.42 bits per heavy atom. The lowest BCUT2D eigenvalue weighted by Gasteiger charge is -2.35. The van der Waals surface area contributed by atoms with Gasteiger partial charge in [0, 0.05) is 30.7 Å². The van der Waals surface area contributed by atoms with Gasteiger partial charge in [0.2, 0.25) is 0 Å². The van der Waals surface area contributed by atoms with E-state index in [-0.39, 0.29) is 6.04 Å². The van der Waals surface area contributed by atoms with Gasteiger partial charge in [0.25, 0.3) is 0 Å². The first-order valence-corrected chi connectivity index (χ1v) is 7.31. The molecule has 4 heteroatoms. The van der Waals surface area contributed by atoms with Crippen molar-refractivity contribution < 1.29 is 4.74 Å². The summed E-state index contributed by atoms with van der Waals surface area (Å²) in [6.45, 7) is 7.26. The van der Waals surface area contributed by atoms with Crippen molar-refractivity contribution >= 4 is 11.6 Å². The van der Waals surface area contributed by atoms with Gasteiger partial charge in [0.05, 0.1) is 12.2 Å². The highest BCUT2D eigenvalue weighted by molar-refractivity contribution is 6.30. The van der Waals surface area contributed by atoms with E-state index in [0.717, 1.165) is 36.6 Å². The maximum atomic E-state index is 6.23. The minimum Gasteiger partial charge on any atom is -0.373 e. The van der Waals surface area contributed by atoms with E-state index in [1.54, 1.807) is 0 Å². The zero-order valence-electron chi connectivity index (χ0n) is 11.7. The van der Waals surface area contributed by atoms with Crippen LogP contribution in [-0.2, 0) is 4.74 Å². The molecule has 19 heavy (non-hydrogen) atoms. The summed E-state index contributed by atoms with van der Waals surface area (Å²) in [6.07, 6.45) is 1.59. The van der Waals surface area contributed by atoms with Crippen molar-refractivity contribution in [2.75, 3.05) is 19.6 Å². The van der Waals surface area contributed by atoms with Crippen LogP contribution in [0.15, 0.2) is 24.3 Å². The van der Waals surface area contributed by atoms with Gasteiger partial charge in [0.15, 0.2) is 0 Å². The van der Waals surface area contributed by atoms with Crippen LogP contribution in [0.3, 0.4) is 0 Å². The fourth-order valence-corrected chi connectivity index (χ4v) is 2.79. The van der Waals surface area contributed by atoms with E-state index in [0.29, 0.717) is 12.2 Å². The molecule has 0 saturated carbocycles. The average Bonchev–Trinajstić information content (AvgIpc) is 2.36. The molecule has 0 amide bonds. The molecule has 1 aromatic carbocycles. The number of morpholine rings is 1. The molecule has 0 aromatic heterocycles. The second kappa shape index (κ2) is 6.71. The predicted molar refractivity (Wildman–Crippen MR) is 79.4 cm³/mol. The predicted octanol–water partition coefficient (Wildman–Crippen LogP) is 2.84. The Hall–Kier alpha value is -0.610. The van der Waals surface area contributed by atoms with Crippen LogP contribution in [0.2, 0.25) is 5.02 Å². The van der Waals surface area contributed by atoms with Gasteiger partial charge >= 0.3 is 0 Å². The van der Waals surface area contributed by atoms with E-state index in [9.17, 15) is 0 Å². The number of hydrogen-bond donors (Lipinski definition) is 1. The molecule has 2 N–H and O–H groups in total. The lowest BCUT2D eigenvalue weighted by molar-refractivity contribution is -0.0684. The third-order valence-corrected chi connectivity index (χ3v) is 3.80. The molecule has 0 aliphatic carbocycles. The lowest BCUT2D eigenvalue weighted by atomic mass is 10.0. The molecule has 1 aliphatic heterocycles. The van der Waals surface area contributed by atoms with Crippen molar-refractivity contribution in [3.8, 4) is 0 Å². The highest BCUT2D eigenvalue weighted by atomic mass is 35.5. The summed E-state index contributed by atoms with van der Waals surface area (Å²) in [5, 5.41) is 0.756. The van der Waals surface area contributed by atoms with Crippen LogP contribution in [0, 0.1) is 0 Å². The van der Waals surface area contributed by atoms with Crippen molar-refractivity contribution in [1.29, 1.82) is 0 Å². The van der Waals surface area contributed by atoms with Gasteiger partial charge in [-0.2, -0.15) is 0 Å². The summed E-state index contributed by atoms with van der Waals surface area (Å²) in [4.78, 5) is 2.44. The molecule has 3 atom stereocenters. The van der Waals surface area contributed by atoms with E-state index < -0.39 is 0 Å². The SMILES string of the molecule is C[C@@H]1CN(CCC(N)c2ccc(Cl)cc2)C[C@H](C)O1. The Balaban J connectivity index is 1.83. The van der Waals surface area contributed by atoms with Crippen molar-refractivity contribution in [1.82, 2.24) is 4.90 Å². The number of benzene rings is 1. The van der Waals surface area contributed by atoms with Crippen LogP contribution in [-0.4, -0.2) is 36.7 Å². The summed E-state index contributed by atoms with van der Waals surface area (Å²) in [5.41, 5.74) is 7.38. The number of ether oxygens (including phenoxy) is 1. The molecule has 1 aliphatic rings. The number of hydrogen-bond acceptors (Lipinski definition) is 3. The molecule has 1 heterocycles. The third kappa shape index (κ3) is 4.46. The molecule has 106 valence electrons. The standard InChI is InChI=1S/C15H23ClN2O/c1-11-9-18(10-12(2)19-11)8-7-15(17)13-3-5-14(16)6-4-13/h3-6,11-12,15H,7-10,17H2,1-2H3/t11-,12+,15?. The normalized spacial score (nSPS) is 26.3. The summed E-state index contributed by atoms with van der Waals surface area (Å²) in [5.74, 6) is 0. The Morgan fingerprint density at radius 2 is 1.84 bits per heavy atom. The number of halogens is 1. The molecule has 1 aromatic rings. The summed E-state index contributed by atoms with van der Waals surface area (Å²) in [7, 11) is 0. The van der Waals surface area contributed by atoms with Crippen molar-refractivity contribution in [3.63, 3.8) is 0 Å². The molecule has 1 fully saturated rings. The number of nitrogens with two attached hydrogens (primary N) is 1. The molecule has 2 rings (SSSR count). The third-order valence-electron chi connectivity index (χ3n) is 3.55. The first-order chi connectivity index (χ1) is 9.04. The van der Waals surface area contributed by atoms with E-state index in [4.69, 9.17) is 22.1 Å². The van der Waals surface area contributed by atoms with Crippen LogP contribution in [0.1, 0.15) is 31.9 Å². The van der Waals surface area contributed by atoms with Crippen molar-refractivity contribution in [3.05, 3.63) is 34.9 Å². The fraction of sp³-hybridized carbons (Fsp3) is 0.600. The first kappa shape index (κ1) is 14.8. The largest absolute Gasteiger partial charge is 0.373 e. The smallest absolute Gasteiger partial charge is 0.0678 e. The van der Waals surface area contributed by atoms with Crippen molar-refractivity contribution in [2.45, 2.75) is 38.5 Å². The molecule has 1 saturated heterocycles. The Morgan fingerprint density at radius 1 is 1.26 bits per heavy atom. The maximum absolute atomic E-state index is 6.23. The van der Waals surface area contributed by atoms with Gasteiger partial charge in [-0.05, 0) is 38.0 Å². The van der Waals surface area contributed by atoms with Gasteiger partial charge in [-0.3, -0.25) is 4.90 Å². The zero-order chi connectivity index (χ0) is 13.8. The van der Waals surface area contributed by atoms with Gasteiger partial charge in [-0.15, -0.1) is 0 Å². The summed E-state index contributed by atoms with van der Waals surface area (Å²) >= 11 is 5.88. The molecule has 0 radical (unpaired) electrons. The molecular weight excluding hydrogens is 260 g/mol.